The molecule has 0 radical (unpaired) electrons. The van der Waals surface area contributed by atoms with Gasteiger partial charge in [-0.25, -0.2) is 15.0 Å². The van der Waals surface area contributed by atoms with Gasteiger partial charge in [0.25, 0.3) is 0 Å². The van der Waals surface area contributed by atoms with Crippen LogP contribution < -0.4 is 10.1 Å². The third-order valence-corrected chi connectivity index (χ3v) is 4.41. The van der Waals surface area contributed by atoms with Gasteiger partial charge in [0, 0.05) is 17.0 Å². The molecule has 2 aromatic carbocycles. The Balaban J connectivity index is 1.73. The highest BCUT2D eigenvalue weighted by molar-refractivity contribution is 5.92. The predicted molar refractivity (Wildman–Crippen MR) is 106 cm³/mol. The Labute approximate surface area is 157 Å². The lowest BCUT2D eigenvalue weighted by molar-refractivity contribution is 0.396. The molecule has 6 nitrogen and oxygen atoms in total. The predicted octanol–water partition coefficient (Wildman–Crippen LogP) is 4.27. The van der Waals surface area contributed by atoms with E-state index in [0.717, 1.165) is 28.0 Å². The third kappa shape index (κ3) is 3.55. The van der Waals surface area contributed by atoms with E-state index in [1.54, 1.807) is 25.8 Å². The minimum atomic E-state index is 0.115. The fourth-order valence-electron chi connectivity index (χ4n) is 2.95. The number of anilines is 1. The van der Waals surface area contributed by atoms with E-state index in [-0.39, 0.29) is 6.04 Å². The van der Waals surface area contributed by atoms with Crippen LogP contribution in [0.15, 0.2) is 67.3 Å². The molecule has 27 heavy (non-hydrogen) atoms. The molecule has 1 atom stereocenters. The van der Waals surface area contributed by atoms with E-state index in [1.165, 1.54) is 5.56 Å². The van der Waals surface area contributed by atoms with Gasteiger partial charge in [-0.05, 0) is 24.6 Å². The summed E-state index contributed by atoms with van der Waals surface area (Å²) in [5.41, 5.74) is 3.73. The van der Waals surface area contributed by atoms with E-state index in [0.29, 0.717) is 5.88 Å². The summed E-state index contributed by atoms with van der Waals surface area (Å²) in [5.74, 6) is 1.27. The molecule has 2 aromatic heterocycles. The van der Waals surface area contributed by atoms with Crippen LogP contribution in [0.2, 0.25) is 0 Å². The zero-order chi connectivity index (χ0) is 18.6. The van der Waals surface area contributed by atoms with Gasteiger partial charge in [0.05, 0.1) is 30.7 Å². The van der Waals surface area contributed by atoms with Crippen LogP contribution in [0.1, 0.15) is 18.5 Å². The highest BCUT2D eigenvalue weighted by atomic mass is 16.5. The Hall–Kier alpha value is -3.54. The van der Waals surface area contributed by atoms with Crippen molar-refractivity contribution in [3.8, 4) is 17.1 Å². The molecule has 0 spiro atoms. The smallest absolute Gasteiger partial charge is 0.232 e. The molecule has 4 aromatic rings. The second-order valence-corrected chi connectivity index (χ2v) is 6.18. The fraction of sp³-hybridized carbons (Fsp3) is 0.143. The van der Waals surface area contributed by atoms with Crippen molar-refractivity contribution < 1.29 is 4.74 Å². The monoisotopic (exact) mass is 357 g/mol. The molecule has 0 fully saturated rings. The topological polar surface area (TPSA) is 72.8 Å². The van der Waals surface area contributed by atoms with Crippen molar-refractivity contribution in [1.29, 1.82) is 0 Å². The van der Waals surface area contributed by atoms with Crippen LogP contribution in [0.25, 0.3) is 22.2 Å². The Bertz CT molecular complexity index is 1070. The summed E-state index contributed by atoms with van der Waals surface area (Å²) < 4.78 is 5.18. The maximum Gasteiger partial charge on any atom is 0.232 e. The number of benzene rings is 2. The second kappa shape index (κ2) is 7.37. The summed E-state index contributed by atoms with van der Waals surface area (Å²) in [5, 5.41) is 4.42. The number of rotatable bonds is 5. The minimum absolute atomic E-state index is 0.115. The summed E-state index contributed by atoms with van der Waals surface area (Å²) in [6.45, 7) is 2.11. The van der Waals surface area contributed by atoms with Crippen molar-refractivity contribution in [1.82, 2.24) is 19.9 Å². The lowest BCUT2D eigenvalue weighted by Gasteiger charge is -2.16. The molecular weight excluding hydrogens is 338 g/mol. The molecule has 0 aliphatic rings. The van der Waals surface area contributed by atoms with E-state index >= 15 is 0 Å². The molecule has 0 amide bonds. The van der Waals surface area contributed by atoms with Gasteiger partial charge in [0.15, 0.2) is 0 Å². The van der Waals surface area contributed by atoms with Crippen molar-refractivity contribution in [2.75, 3.05) is 12.4 Å². The summed E-state index contributed by atoms with van der Waals surface area (Å²) in [4.78, 5) is 17.5. The van der Waals surface area contributed by atoms with Gasteiger partial charge in [-0.2, -0.15) is 0 Å². The molecule has 1 N–H and O–H groups in total. The summed E-state index contributed by atoms with van der Waals surface area (Å²) in [6, 6.07) is 16.4. The van der Waals surface area contributed by atoms with E-state index in [9.17, 15) is 0 Å². The summed E-state index contributed by atoms with van der Waals surface area (Å²) in [6.07, 6.45) is 4.88. The van der Waals surface area contributed by atoms with Crippen LogP contribution in [-0.2, 0) is 0 Å². The summed E-state index contributed by atoms with van der Waals surface area (Å²) >= 11 is 0. The Kier molecular flexibility index (Phi) is 4.61. The molecule has 0 bridgehead atoms. The van der Waals surface area contributed by atoms with Crippen LogP contribution >= 0.6 is 0 Å². The van der Waals surface area contributed by atoms with Gasteiger partial charge in [-0.1, -0.05) is 36.4 Å². The normalized spacial score (nSPS) is 11.9. The average Bonchev–Trinajstić information content (AvgIpc) is 2.74. The van der Waals surface area contributed by atoms with Crippen molar-refractivity contribution >= 4 is 16.7 Å². The number of ether oxygens (including phenoxy) is 1. The van der Waals surface area contributed by atoms with Crippen molar-refractivity contribution in [3.63, 3.8) is 0 Å². The first kappa shape index (κ1) is 16.9. The van der Waals surface area contributed by atoms with Gasteiger partial charge >= 0.3 is 0 Å². The van der Waals surface area contributed by atoms with Crippen molar-refractivity contribution in [3.05, 3.63) is 72.8 Å². The molecule has 6 heteroatoms. The van der Waals surface area contributed by atoms with E-state index in [1.807, 2.05) is 36.4 Å². The van der Waals surface area contributed by atoms with Crippen LogP contribution in [0.4, 0.5) is 5.82 Å². The first-order valence-corrected chi connectivity index (χ1v) is 8.67. The largest absolute Gasteiger partial charge is 0.480 e. The number of aromatic nitrogens is 4. The maximum atomic E-state index is 5.18. The van der Waals surface area contributed by atoms with Crippen LogP contribution in [0, 0.1) is 0 Å². The minimum Gasteiger partial charge on any atom is -0.480 e. The van der Waals surface area contributed by atoms with E-state index < -0.39 is 0 Å². The molecule has 1 unspecified atom stereocenters. The Morgan fingerprint density at radius 1 is 1.00 bits per heavy atom. The zero-order valence-electron chi connectivity index (χ0n) is 15.1. The molecule has 2 heterocycles. The molecule has 0 aliphatic carbocycles. The van der Waals surface area contributed by atoms with Gasteiger partial charge in [-0.3, -0.25) is 4.98 Å². The molecule has 4 rings (SSSR count). The van der Waals surface area contributed by atoms with Gasteiger partial charge in [0.2, 0.25) is 5.88 Å². The number of nitrogens with one attached hydrogen (secondary N) is 1. The number of nitrogens with zero attached hydrogens (tertiary/aromatic N) is 4. The number of hydrogen-bond donors (Lipinski definition) is 1. The van der Waals surface area contributed by atoms with E-state index in [4.69, 9.17) is 4.74 Å². The zero-order valence-corrected chi connectivity index (χ0v) is 15.1. The van der Waals surface area contributed by atoms with Crippen LogP contribution in [-0.4, -0.2) is 27.0 Å². The summed E-state index contributed by atoms with van der Waals surface area (Å²) in [7, 11) is 1.58. The van der Waals surface area contributed by atoms with Gasteiger partial charge < -0.3 is 10.1 Å². The first-order chi connectivity index (χ1) is 13.2. The number of hydrogen-bond acceptors (Lipinski definition) is 6. The van der Waals surface area contributed by atoms with Crippen LogP contribution in [0.3, 0.4) is 0 Å². The third-order valence-electron chi connectivity index (χ3n) is 4.41. The lowest BCUT2D eigenvalue weighted by Crippen LogP contribution is -2.08. The van der Waals surface area contributed by atoms with Gasteiger partial charge in [0.1, 0.15) is 12.1 Å². The average molecular weight is 357 g/mol. The standard InChI is InChI=1S/C21H19N5O/c1-14(15-6-4-3-5-7-15)25-21-17-10-16(8-9-18(17)23-13-24-21)19-11-22-12-20(26-19)27-2/h3-14H,1-2H3,(H,23,24,25). The van der Waals surface area contributed by atoms with Crippen molar-refractivity contribution in [2.45, 2.75) is 13.0 Å². The molecular formula is C21H19N5O. The maximum absolute atomic E-state index is 5.18. The quantitative estimate of drug-likeness (QED) is 0.575. The Morgan fingerprint density at radius 3 is 2.67 bits per heavy atom. The Morgan fingerprint density at radius 2 is 1.85 bits per heavy atom. The molecule has 134 valence electrons. The van der Waals surface area contributed by atoms with Crippen LogP contribution in [0.5, 0.6) is 5.88 Å². The van der Waals surface area contributed by atoms with Crippen molar-refractivity contribution in [2.24, 2.45) is 0 Å². The number of fused-ring (bicyclic) bond motifs is 1. The highest BCUT2D eigenvalue weighted by Crippen LogP contribution is 2.28. The highest BCUT2D eigenvalue weighted by Gasteiger charge is 2.11. The lowest BCUT2D eigenvalue weighted by atomic mass is 10.1. The molecule has 0 saturated heterocycles. The first-order valence-electron chi connectivity index (χ1n) is 8.67. The van der Waals surface area contributed by atoms with E-state index in [2.05, 4.69) is 44.3 Å². The molecule has 0 aliphatic heterocycles. The SMILES string of the molecule is COc1cncc(-c2ccc3ncnc(NC(C)c4ccccc4)c3c2)n1. The molecule has 0 saturated carbocycles. The fourth-order valence-corrected chi connectivity index (χ4v) is 2.95. The van der Waals surface area contributed by atoms with Gasteiger partial charge in [-0.15, -0.1) is 0 Å². The second-order valence-electron chi connectivity index (χ2n) is 6.18. The number of methoxy groups -OCH3 is 1.